The number of fused-ring (bicyclic) bond motifs is 2. The van der Waals surface area contributed by atoms with Crippen molar-refractivity contribution in [1.29, 1.82) is 0 Å². The second-order valence-corrected chi connectivity index (χ2v) is 8.73. The number of carbonyl (C=O) groups excluding carboxylic acids is 1. The first-order chi connectivity index (χ1) is 11.3. The summed E-state index contributed by atoms with van der Waals surface area (Å²) in [6, 6.07) is 2.30. The van der Waals surface area contributed by atoms with Crippen LogP contribution in [0, 0.1) is 0 Å². The van der Waals surface area contributed by atoms with Gasteiger partial charge in [0.2, 0.25) is 0 Å². The molecule has 24 heavy (non-hydrogen) atoms. The van der Waals surface area contributed by atoms with Crippen molar-refractivity contribution in [2.75, 3.05) is 33.8 Å². The first-order valence-corrected chi connectivity index (χ1v) is 9.58. The fourth-order valence-electron chi connectivity index (χ4n) is 3.85. The van der Waals surface area contributed by atoms with Crippen LogP contribution >= 0.6 is 22.9 Å². The summed E-state index contributed by atoms with van der Waals surface area (Å²) in [5.74, 6) is -0.247. The molecule has 5 nitrogen and oxygen atoms in total. The van der Waals surface area contributed by atoms with Gasteiger partial charge in [-0.2, -0.15) is 0 Å². The minimum atomic E-state index is -0.976. The van der Waals surface area contributed by atoms with Gasteiger partial charge in [-0.15, -0.1) is 11.3 Å². The molecule has 3 rings (SSSR count). The molecule has 3 heterocycles. The van der Waals surface area contributed by atoms with E-state index in [0.29, 0.717) is 6.54 Å². The van der Waals surface area contributed by atoms with Gasteiger partial charge in [-0.05, 0) is 37.8 Å². The molecule has 7 heteroatoms. The van der Waals surface area contributed by atoms with Crippen LogP contribution in [-0.2, 0) is 21.6 Å². The van der Waals surface area contributed by atoms with E-state index in [1.54, 1.807) is 25.4 Å². The van der Waals surface area contributed by atoms with Crippen LogP contribution in [0.3, 0.4) is 0 Å². The summed E-state index contributed by atoms with van der Waals surface area (Å²) in [5.41, 5.74) is 1.07. The lowest BCUT2D eigenvalue weighted by Gasteiger charge is -2.47. The quantitative estimate of drug-likeness (QED) is 0.882. The van der Waals surface area contributed by atoms with Crippen LogP contribution in [0.1, 0.15) is 30.2 Å². The Labute approximate surface area is 152 Å². The molecule has 1 aromatic heterocycles. The molecule has 134 valence electrons. The number of aliphatic hydroxyl groups is 1. The third kappa shape index (κ3) is 3.35. The summed E-state index contributed by atoms with van der Waals surface area (Å²) >= 11 is 7.86. The van der Waals surface area contributed by atoms with Gasteiger partial charge in [0, 0.05) is 38.1 Å². The number of piperidine rings is 1. The van der Waals surface area contributed by atoms with Crippen LogP contribution in [0.2, 0.25) is 4.34 Å². The van der Waals surface area contributed by atoms with Crippen LogP contribution in [0.4, 0.5) is 0 Å². The molecule has 1 amide bonds. The Morgan fingerprint density at radius 3 is 3.04 bits per heavy atom. The monoisotopic (exact) mass is 372 g/mol. The van der Waals surface area contributed by atoms with Gasteiger partial charge in [0.1, 0.15) is 11.7 Å². The van der Waals surface area contributed by atoms with Gasteiger partial charge in [0.05, 0.1) is 10.9 Å². The molecule has 0 aromatic carbocycles. The molecule has 0 radical (unpaired) electrons. The summed E-state index contributed by atoms with van der Waals surface area (Å²) in [6.45, 7) is 4.04. The minimum Gasteiger partial charge on any atom is -0.382 e. The second kappa shape index (κ2) is 6.92. The lowest BCUT2D eigenvalue weighted by Crippen LogP contribution is -2.53. The molecule has 1 fully saturated rings. The second-order valence-electron chi connectivity index (χ2n) is 7.04. The Morgan fingerprint density at radius 2 is 2.38 bits per heavy atom. The Hall–Kier alpha value is -0.660. The van der Waals surface area contributed by atoms with E-state index in [-0.39, 0.29) is 17.6 Å². The molecule has 1 N–H and O–H groups in total. The van der Waals surface area contributed by atoms with Gasteiger partial charge < -0.3 is 14.7 Å². The fraction of sp³-hybridized carbons (Fsp3) is 0.706. The number of likely N-dealkylation sites (tertiary alicyclic amines) is 1. The summed E-state index contributed by atoms with van der Waals surface area (Å²) in [7, 11) is 3.33. The van der Waals surface area contributed by atoms with Crippen LogP contribution in [-0.4, -0.2) is 66.8 Å². The van der Waals surface area contributed by atoms with Gasteiger partial charge in [-0.3, -0.25) is 9.69 Å². The van der Waals surface area contributed by atoms with Crippen molar-refractivity contribution in [3.05, 3.63) is 20.8 Å². The van der Waals surface area contributed by atoms with E-state index in [4.69, 9.17) is 16.3 Å². The average molecular weight is 373 g/mol. The zero-order chi connectivity index (χ0) is 17.5. The molecular weight excluding hydrogens is 348 g/mol. The highest BCUT2D eigenvalue weighted by Crippen LogP contribution is 2.47. The maximum atomic E-state index is 11.9. The van der Waals surface area contributed by atoms with Crippen LogP contribution < -0.4 is 0 Å². The fourth-order valence-corrected chi connectivity index (χ4v) is 5.33. The number of hydrogen-bond donors (Lipinski definition) is 1. The van der Waals surface area contributed by atoms with Gasteiger partial charge in [0.25, 0.3) is 5.91 Å². The number of β-amino-alcohol motifs (C(OH)–C–C–N with tert-alkyl or cyclic N) is 1. The standard InChI is InChI=1S/C17H25ClN2O3S/c1-11-9-17(15-12(4-7-23-17)8-14(18)24-15)5-6-20(11)10-13(21)16(22)19(2)3/h8,11,13,21H,4-7,9-10H2,1-3H3/t11-,13-,17+/m0/s1. The van der Waals surface area contributed by atoms with Crippen molar-refractivity contribution < 1.29 is 14.6 Å². The van der Waals surface area contributed by atoms with Gasteiger partial charge >= 0.3 is 0 Å². The molecule has 0 bridgehead atoms. The minimum absolute atomic E-state index is 0.232. The molecule has 3 atom stereocenters. The first-order valence-electron chi connectivity index (χ1n) is 8.38. The number of thiophene rings is 1. The van der Waals surface area contributed by atoms with E-state index in [0.717, 1.165) is 36.8 Å². The Bertz CT molecular complexity index is 621. The van der Waals surface area contributed by atoms with E-state index in [1.807, 2.05) is 0 Å². The van der Waals surface area contributed by atoms with Crippen molar-refractivity contribution in [2.24, 2.45) is 0 Å². The van der Waals surface area contributed by atoms with Gasteiger partial charge in [-0.25, -0.2) is 0 Å². The van der Waals surface area contributed by atoms with Crippen molar-refractivity contribution >= 4 is 28.8 Å². The predicted molar refractivity (Wildman–Crippen MR) is 95.6 cm³/mol. The molecule has 1 aromatic rings. The van der Waals surface area contributed by atoms with Crippen molar-refractivity contribution in [3.8, 4) is 0 Å². The number of nitrogens with zero attached hydrogens (tertiary/aromatic N) is 2. The number of halogens is 1. The largest absolute Gasteiger partial charge is 0.382 e. The van der Waals surface area contributed by atoms with Crippen LogP contribution in [0.25, 0.3) is 0 Å². The number of likely N-dealkylation sites (N-methyl/N-ethyl adjacent to an activating group) is 1. The maximum Gasteiger partial charge on any atom is 0.252 e. The average Bonchev–Trinajstić information content (AvgIpc) is 2.91. The summed E-state index contributed by atoms with van der Waals surface area (Å²) in [6.07, 6.45) is 1.67. The third-order valence-corrected chi connectivity index (χ3v) is 6.62. The van der Waals surface area contributed by atoms with E-state index in [2.05, 4.69) is 17.9 Å². The van der Waals surface area contributed by atoms with Gasteiger partial charge in [0.15, 0.2) is 0 Å². The Morgan fingerprint density at radius 1 is 1.62 bits per heavy atom. The molecule has 0 unspecified atom stereocenters. The molecular formula is C17H25ClN2O3S. The zero-order valence-corrected chi connectivity index (χ0v) is 16.0. The maximum absolute atomic E-state index is 11.9. The number of aliphatic hydroxyl groups excluding tert-OH is 1. The molecule has 2 aliphatic rings. The molecule has 0 saturated carbocycles. The molecule has 1 spiro atoms. The van der Waals surface area contributed by atoms with Crippen molar-refractivity contribution in [2.45, 2.75) is 43.9 Å². The highest BCUT2D eigenvalue weighted by atomic mass is 35.5. The van der Waals surface area contributed by atoms with E-state index >= 15 is 0 Å². The number of carbonyl (C=O) groups is 1. The lowest BCUT2D eigenvalue weighted by atomic mass is 9.82. The van der Waals surface area contributed by atoms with E-state index in [9.17, 15) is 9.90 Å². The predicted octanol–water partition coefficient (Wildman–Crippen LogP) is 2.10. The number of ether oxygens (including phenoxy) is 1. The zero-order valence-electron chi connectivity index (χ0n) is 14.4. The highest BCUT2D eigenvalue weighted by Gasteiger charge is 2.45. The first kappa shape index (κ1) is 18.1. The highest BCUT2D eigenvalue weighted by molar-refractivity contribution is 7.16. The number of hydrogen-bond acceptors (Lipinski definition) is 5. The lowest BCUT2D eigenvalue weighted by molar-refractivity contribution is -0.141. The molecule has 0 aliphatic carbocycles. The van der Waals surface area contributed by atoms with Crippen molar-refractivity contribution in [3.63, 3.8) is 0 Å². The summed E-state index contributed by atoms with van der Waals surface area (Å²) in [5, 5.41) is 10.1. The van der Waals surface area contributed by atoms with Crippen molar-refractivity contribution in [1.82, 2.24) is 9.80 Å². The van der Waals surface area contributed by atoms with E-state index in [1.165, 1.54) is 15.3 Å². The van der Waals surface area contributed by atoms with E-state index < -0.39 is 6.10 Å². The molecule has 2 aliphatic heterocycles. The summed E-state index contributed by atoms with van der Waals surface area (Å²) in [4.78, 5) is 16.8. The SMILES string of the molecule is C[C@H]1C[C@@]2(CCN1C[C@H](O)C(=O)N(C)C)OCCc1cc(Cl)sc12. The van der Waals surface area contributed by atoms with Crippen LogP contribution in [0.5, 0.6) is 0 Å². The third-order valence-electron chi connectivity index (χ3n) is 5.13. The number of amides is 1. The Kier molecular flexibility index (Phi) is 5.23. The smallest absolute Gasteiger partial charge is 0.252 e. The van der Waals surface area contributed by atoms with Gasteiger partial charge in [-0.1, -0.05) is 11.6 Å². The molecule has 1 saturated heterocycles. The van der Waals surface area contributed by atoms with Crippen LogP contribution in [0.15, 0.2) is 6.07 Å². The Balaban J connectivity index is 1.71. The summed E-state index contributed by atoms with van der Waals surface area (Å²) < 4.78 is 7.07. The topological polar surface area (TPSA) is 53.0 Å². The number of rotatable bonds is 3. The normalized spacial score (nSPS) is 28.6.